The fourth-order valence-electron chi connectivity index (χ4n) is 4.81. The standard InChI is InChI=1S/C32H28FN3O4/c1-18-7-5-6-8-23(18)24-12-10-21(15-19(24)2)32-35-31(36-40-32)25-13-14-26(30(34)37)29(33)27(25)16-20-9-11-22(38-3)17-28(20)39-4/h5-15,17H,16H2,1-4H3,(H2,34,37). The Morgan fingerprint density at radius 1 is 0.900 bits per heavy atom. The number of amides is 1. The van der Waals surface area contributed by atoms with E-state index < -0.39 is 11.7 Å². The van der Waals surface area contributed by atoms with Crippen LogP contribution in [0.1, 0.15) is 32.6 Å². The van der Waals surface area contributed by atoms with Gasteiger partial charge in [0.15, 0.2) is 0 Å². The summed E-state index contributed by atoms with van der Waals surface area (Å²) in [6.07, 6.45) is 0.0869. The number of hydrogen-bond donors (Lipinski definition) is 1. The summed E-state index contributed by atoms with van der Waals surface area (Å²) in [5.74, 6) is -0.0292. The highest BCUT2D eigenvalue weighted by Gasteiger charge is 2.23. The molecule has 0 atom stereocenters. The van der Waals surface area contributed by atoms with Crippen LogP contribution in [0.25, 0.3) is 34.0 Å². The molecule has 5 rings (SSSR count). The van der Waals surface area contributed by atoms with E-state index in [9.17, 15) is 4.79 Å². The van der Waals surface area contributed by atoms with Crippen LogP contribution in [0.5, 0.6) is 11.5 Å². The third-order valence-electron chi connectivity index (χ3n) is 6.95. The maximum absolute atomic E-state index is 15.7. The average Bonchev–Trinajstić information content (AvgIpc) is 3.44. The zero-order valence-corrected chi connectivity index (χ0v) is 22.6. The third kappa shape index (κ3) is 5.03. The summed E-state index contributed by atoms with van der Waals surface area (Å²) >= 11 is 0. The third-order valence-corrected chi connectivity index (χ3v) is 6.95. The van der Waals surface area contributed by atoms with Gasteiger partial charge in [-0.2, -0.15) is 4.98 Å². The quantitative estimate of drug-likeness (QED) is 0.241. The first-order valence-electron chi connectivity index (χ1n) is 12.6. The van der Waals surface area contributed by atoms with Gasteiger partial charge < -0.3 is 19.7 Å². The molecule has 5 aromatic rings. The Hall–Kier alpha value is -4.98. The van der Waals surface area contributed by atoms with Gasteiger partial charge in [0, 0.05) is 29.2 Å². The summed E-state index contributed by atoms with van der Waals surface area (Å²) in [6, 6.07) is 22.3. The van der Waals surface area contributed by atoms with Gasteiger partial charge in [0.25, 0.3) is 11.8 Å². The summed E-state index contributed by atoms with van der Waals surface area (Å²) in [4.78, 5) is 16.5. The van der Waals surface area contributed by atoms with E-state index in [1.165, 1.54) is 18.7 Å². The normalized spacial score (nSPS) is 10.9. The van der Waals surface area contributed by atoms with Crippen molar-refractivity contribution in [3.63, 3.8) is 0 Å². The minimum absolute atomic E-state index is 0.0869. The highest BCUT2D eigenvalue weighted by Crippen LogP contribution is 2.34. The van der Waals surface area contributed by atoms with Crippen LogP contribution in [0.2, 0.25) is 0 Å². The largest absolute Gasteiger partial charge is 0.497 e. The second kappa shape index (κ2) is 11.0. The lowest BCUT2D eigenvalue weighted by Gasteiger charge is -2.14. The molecule has 0 aliphatic rings. The van der Waals surface area contributed by atoms with E-state index in [1.54, 1.807) is 31.4 Å². The number of methoxy groups -OCH3 is 2. The van der Waals surface area contributed by atoms with Crippen molar-refractivity contribution < 1.29 is 23.2 Å². The molecule has 1 heterocycles. The molecule has 0 radical (unpaired) electrons. The number of nitrogens with zero attached hydrogens (tertiary/aromatic N) is 2. The molecule has 0 aliphatic heterocycles. The smallest absolute Gasteiger partial charge is 0.258 e. The molecular formula is C32H28FN3O4. The van der Waals surface area contributed by atoms with Crippen molar-refractivity contribution in [3.05, 3.63) is 106 Å². The van der Waals surface area contributed by atoms with Gasteiger partial charge in [-0.3, -0.25) is 4.79 Å². The van der Waals surface area contributed by atoms with Gasteiger partial charge in [-0.15, -0.1) is 0 Å². The van der Waals surface area contributed by atoms with Crippen molar-refractivity contribution in [2.24, 2.45) is 5.73 Å². The number of nitrogens with two attached hydrogens (primary N) is 1. The Bertz CT molecular complexity index is 1730. The lowest BCUT2D eigenvalue weighted by molar-refractivity contribution is 0.0996. The second-order valence-corrected chi connectivity index (χ2v) is 9.44. The van der Waals surface area contributed by atoms with Crippen molar-refractivity contribution in [2.45, 2.75) is 20.3 Å². The Balaban J connectivity index is 1.55. The lowest BCUT2D eigenvalue weighted by Crippen LogP contribution is -2.15. The van der Waals surface area contributed by atoms with Gasteiger partial charge in [0.05, 0.1) is 19.8 Å². The van der Waals surface area contributed by atoms with E-state index in [2.05, 4.69) is 29.2 Å². The molecule has 40 heavy (non-hydrogen) atoms. The Kier molecular flexibility index (Phi) is 7.33. The fraction of sp³-hybridized carbons (Fsp3) is 0.156. The van der Waals surface area contributed by atoms with Gasteiger partial charge in [0.1, 0.15) is 17.3 Å². The molecule has 8 heteroatoms. The van der Waals surface area contributed by atoms with E-state index in [-0.39, 0.29) is 23.4 Å². The molecule has 0 bridgehead atoms. The summed E-state index contributed by atoms with van der Waals surface area (Å²) in [7, 11) is 3.07. The second-order valence-electron chi connectivity index (χ2n) is 9.44. The average molecular weight is 538 g/mol. The number of carbonyl (C=O) groups excluding carboxylic acids is 1. The van der Waals surface area contributed by atoms with Gasteiger partial charge in [-0.1, -0.05) is 41.6 Å². The van der Waals surface area contributed by atoms with Crippen LogP contribution in [0, 0.1) is 19.7 Å². The van der Waals surface area contributed by atoms with Crippen molar-refractivity contribution in [2.75, 3.05) is 14.2 Å². The predicted octanol–water partition coefficient (Wildman–Crippen LogP) is 6.53. The molecule has 1 aromatic heterocycles. The van der Waals surface area contributed by atoms with Crippen molar-refractivity contribution in [1.82, 2.24) is 10.1 Å². The van der Waals surface area contributed by atoms with Crippen molar-refractivity contribution in [1.29, 1.82) is 0 Å². The first kappa shape index (κ1) is 26.6. The van der Waals surface area contributed by atoms with Crippen LogP contribution in [0.15, 0.2) is 77.3 Å². The summed E-state index contributed by atoms with van der Waals surface area (Å²) in [5, 5.41) is 4.15. The topological polar surface area (TPSA) is 100 Å². The van der Waals surface area contributed by atoms with Gasteiger partial charge in [-0.05, 0) is 72.0 Å². The highest BCUT2D eigenvalue weighted by molar-refractivity contribution is 5.94. The number of primary amides is 1. The van der Waals surface area contributed by atoms with Crippen LogP contribution >= 0.6 is 0 Å². The maximum Gasteiger partial charge on any atom is 0.258 e. The number of rotatable bonds is 8. The Morgan fingerprint density at radius 2 is 1.65 bits per heavy atom. The highest BCUT2D eigenvalue weighted by atomic mass is 19.1. The number of hydrogen-bond acceptors (Lipinski definition) is 6. The maximum atomic E-state index is 15.7. The summed E-state index contributed by atoms with van der Waals surface area (Å²) < 4.78 is 32.1. The van der Waals surface area contributed by atoms with E-state index in [0.29, 0.717) is 28.5 Å². The first-order chi connectivity index (χ1) is 19.3. The number of carbonyl (C=O) groups is 1. The minimum Gasteiger partial charge on any atom is -0.497 e. The van der Waals surface area contributed by atoms with Crippen molar-refractivity contribution in [3.8, 4) is 45.5 Å². The molecule has 0 aliphatic carbocycles. The molecule has 0 spiro atoms. The number of halogens is 1. The summed E-state index contributed by atoms with van der Waals surface area (Å²) in [5.41, 5.74) is 11.7. The minimum atomic E-state index is -0.870. The molecule has 202 valence electrons. The van der Waals surface area contributed by atoms with Gasteiger partial charge in [-0.25, -0.2) is 4.39 Å². The lowest BCUT2D eigenvalue weighted by atomic mass is 9.95. The molecule has 7 nitrogen and oxygen atoms in total. The SMILES string of the molecule is COc1ccc(Cc2c(-c3noc(-c4ccc(-c5ccccc5C)c(C)c4)n3)ccc(C(N)=O)c2F)c(OC)c1. The van der Waals surface area contributed by atoms with Crippen LogP contribution in [-0.4, -0.2) is 30.3 Å². The first-order valence-corrected chi connectivity index (χ1v) is 12.6. The van der Waals surface area contributed by atoms with Crippen LogP contribution in [0.3, 0.4) is 0 Å². The predicted molar refractivity (Wildman–Crippen MR) is 151 cm³/mol. The van der Waals surface area contributed by atoms with E-state index in [0.717, 1.165) is 22.3 Å². The zero-order chi connectivity index (χ0) is 28.4. The van der Waals surface area contributed by atoms with Crippen LogP contribution in [0.4, 0.5) is 4.39 Å². The van der Waals surface area contributed by atoms with Crippen molar-refractivity contribution >= 4 is 5.91 Å². The molecule has 2 N–H and O–H groups in total. The Labute approximate surface area is 231 Å². The number of ether oxygens (including phenoxy) is 2. The molecular weight excluding hydrogens is 509 g/mol. The summed E-state index contributed by atoms with van der Waals surface area (Å²) in [6.45, 7) is 4.11. The molecule has 1 amide bonds. The Morgan fingerprint density at radius 3 is 2.35 bits per heavy atom. The molecule has 0 fully saturated rings. The fourth-order valence-corrected chi connectivity index (χ4v) is 4.81. The van der Waals surface area contributed by atoms with E-state index in [1.807, 2.05) is 37.3 Å². The van der Waals surface area contributed by atoms with E-state index in [4.69, 9.17) is 19.7 Å². The number of benzene rings is 4. The molecule has 0 saturated heterocycles. The molecule has 0 saturated carbocycles. The van der Waals surface area contributed by atoms with Crippen LogP contribution in [-0.2, 0) is 6.42 Å². The zero-order valence-electron chi connectivity index (χ0n) is 22.6. The van der Waals surface area contributed by atoms with E-state index >= 15 is 4.39 Å². The van der Waals surface area contributed by atoms with Gasteiger partial charge >= 0.3 is 0 Å². The monoisotopic (exact) mass is 537 g/mol. The van der Waals surface area contributed by atoms with Gasteiger partial charge in [0.2, 0.25) is 5.82 Å². The van der Waals surface area contributed by atoms with Crippen LogP contribution < -0.4 is 15.2 Å². The number of aromatic nitrogens is 2. The molecule has 4 aromatic carbocycles. The number of aryl methyl sites for hydroxylation is 2. The molecule has 0 unspecified atom stereocenters.